The van der Waals surface area contributed by atoms with Gasteiger partial charge in [-0.05, 0) is 49.2 Å². The molecule has 2 heterocycles. The lowest BCUT2D eigenvalue weighted by Gasteiger charge is -2.32. The highest BCUT2D eigenvalue weighted by atomic mass is 35.5. The normalized spacial score (nSPS) is 15.7. The number of carbonyl (C=O) groups is 2. The van der Waals surface area contributed by atoms with Gasteiger partial charge in [0.2, 0.25) is 21.8 Å². The molecule has 1 N–H and O–H groups in total. The Labute approximate surface area is 180 Å². The summed E-state index contributed by atoms with van der Waals surface area (Å²) in [7, 11) is -2.04. The van der Waals surface area contributed by atoms with Crippen LogP contribution in [0.15, 0.2) is 52.0 Å². The number of piperidine rings is 1. The maximum atomic E-state index is 12.8. The molecule has 1 aromatic carbocycles. The van der Waals surface area contributed by atoms with E-state index in [-0.39, 0.29) is 48.8 Å². The molecule has 1 aliphatic heterocycles. The number of rotatable bonds is 7. The lowest BCUT2D eigenvalue weighted by molar-refractivity contribution is -0.139. The largest absolute Gasteiger partial charge is 0.467 e. The number of benzene rings is 1. The van der Waals surface area contributed by atoms with Crippen LogP contribution in [0.4, 0.5) is 0 Å². The van der Waals surface area contributed by atoms with Crippen molar-refractivity contribution in [3.63, 3.8) is 0 Å². The molecular formula is C20H24ClN3O5S. The van der Waals surface area contributed by atoms with Gasteiger partial charge in [0.05, 0.1) is 24.2 Å². The van der Waals surface area contributed by atoms with Crippen LogP contribution in [-0.4, -0.2) is 56.1 Å². The molecule has 0 atom stereocenters. The standard InChI is InChI=1S/C20H24ClN3O5S/c1-23(14-19(25)22-13-17-3-2-12-29-17)20(26)15-8-10-24(11-9-15)30(27,28)18-6-4-16(21)5-7-18/h2-7,12,15H,8-11,13-14H2,1H3,(H,22,25). The zero-order valence-electron chi connectivity index (χ0n) is 16.6. The predicted molar refractivity (Wildman–Crippen MR) is 111 cm³/mol. The van der Waals surface area contributed by atoms with Crippen molar-refractivity contribution in [2.24, 2.45) is 5.92 Å². The van der Waals surface area contributed by atoms with Gasteiger partial charge in [-0.1, -0.05) is 11.6 Å². The summed E-state index contributed by atoms with van der Waals surface area (Å²) < 4.78 is 32.0. The van der Waals surface area contributed by atoms with Gasteiger partial charge in [-0.15, -0.1) is 0 Å². The number of amides is 2. The van der Waals surface area contributed by atoms with Crippen LogP contribution in [0.1, 0.15) is 18.6 Å². The fourth-order valence-electron chi connectivity index (χ4n) is 3.36. The van der Waals surface area contributed by atoms with Crippen LogP contribution in [0.5, 0.6) is 0 Å². The van der Waals surface area contributed by atoms with Crippen molar-refractivity contribution in [2.75, 3.05) is 26.7 Å². The molecule has 0 saturated carbocycles. The van der Waals surface area contributed by atoms with Crippen molar-refractivity contribution in [1.82, 2.24) is 14.5 Å². The van der Waals surface area contributed by atoms with Crippen LogP contribution in [0.2, 0.25) is 5.02 Å². The number of sulfonamides is 1. The van der Waals surface area contributed by atoms with Crippen molar-refractivity contribution >= 4 is 33.4 Å². The van der Waals surface area contributed by atoms with E-state index in [4.69, 9.17) is 16.0 Å². The van der Waals surface area contributed by atoms with Crippen molar-refractivity contribution in [1.29, 1.82) is 0 Å². The first-order chi connectivity index (χ1) is 14.3. The quantitative estimate of drug-likeness (QED) is 0.692. The molecule has 162 valence electrons. The number of nitrogens with one attached hydrogen (secondary N) is 1. The minimum atomic E-state index is -3.62. The fourth-order valence-corrected chi connectivity index (χ4v) is 4.95. The fraction of sp³-hybridized carbons (Fsp3) is 0.400. The predicted octanol–water partition coefficient (Wildman–Crippen LogP) is 2.11. The number of halogens is 1. The topological polar surface area (TPSA) is 99.9 Å². The van der Waals surface area contributed by atoms with Crippen LogP contribution >= 0.6 is 11.6 Å². The Morgan fingerprint density at radius 3 is 2.47 bits per heavy atom. The van der Waals surface area contributed by atoms with Crippen LogP contribution < -0.4 is 5.32 Å². The molecule has 1 aromatic heterocycles. The lowest BCUT2D eigenvalue weighted by Crippen LogP contribution is -2.45. The van der Waals surface area contributed by atoms with Crippen molar-refractivity contribution in [3.8, 4) is 0 Å². The van der Waals surface area contributed by atoms with E-state index in [1.807, 2.05) is 0 Å². The van der Waals surface area contributed by atoms with E-state index >= 15 is 0 Å². The Balaban J connectivity index is 1.49. The summed E-state index contributed by atoms with van der Waals surface area (Å²) in [4.78, 5) is 26.3. The average Bonchev–Trinajstić information content (AvgIpc) is 3.26. The van der Waals surface area contributed by atoms with E-state index in [9.17, 15) is 18.0 Å². The number of hydrogen-bond acceptors (Lipinski definition) is 5. The number of likely N-dealkylation sites (N-methyl/N-ethyl adjacent to an activating group) is 1. The highest BCUT2D eigenvalue weighted by Gasteiger charge is 2.33. The zero-order chi connectivity index (χ0) is 21.7. The van der Waals surface area contributed by atoms with E-state index in [2.05, 4.69) is 5.32 Å². The van der Waals surface area contributed by atoms with Gasteiger partial charge in [-0.25, -0.2) is 8.42 Å². The lowest BCUT2D eigenvalue weighted by atomic mass is 9.96. The highest BCUT2D eigenvalue weighted by Crippen LogP contribution is 2.25. The van der Waals surface area contributed by atoms with Gasteiger partial charge in [0.1, 0.15) is 5.76 Å². The van der Waals surface area contributed by atoms with Crippen molar-refractivity contribution < 1.29 is 22.4 Å². The van der Waals surface area contributed by atoms with Crippen molar-refractivity contribution in [2.45, 2.75) is 24.3 Å². The number of carbonyl (C=O) groups excluding carboxylic acids is 2. The Hall–Kier alpha value is -2.36. The van der Waals surface area contributed by atoms with E-state index in [1.165, 1.54) is 39.7 Å². The molecular weight excluding hydrogens is 430 g/mol. The third kappa shape index (κ3) is 5.41. The molecule has 0 radical (unpaired) electrons. The van der Waals surface area contributed by atoms with E-state index in [0.29, 0.717) is 23.6 Å². The molecule has 1 aliphatic rings. The maximum absolute atomic E-state index is 12.8. The van der Waals surface area contributed by atoms with Crippen LogP contribution in [0.25, 0.3) is 0 Å². The third-order valence-corrected chi connectivity index (χ3v) is 7.22. The molecule has 0 aliphatic carbocycles. The first-order valence-electron chi connectivity index (χ1n) is 9.57. The molecule has 2 amide bonds. The van der Waals surface area contributed by atoms with Crippen molar-refractivity contribution in [3.05, 3.63) is 53.4 Å². The maximum Gasteiger partial charge on any atom is 0.243 e. The number of furan rings is 1. The number of hydrogen-bond donors (Lipinski definition) is 1. The van der Waals surface area contributed by atoms with Crippen LogP contribution in [-0.2, 0) is 26.2 Å². The Morgan fingerprint density at radius 1 is 1.20 bits per heavy atom. The van der Waals surface area contributed by atoms with Crippen LogP contribution in [0.3, 0.4) is 0 Å². The second-order valence-electron chi connectivity index (χ2n) is 7.18. The summed E-state index contributed by atoms with van der Waals surface area (Å²) in [6, 6.07) is 9.51. The summed E-state index contributed by atoms with van der Waals surface area (Å²) in [5.41, 5.74) is 0. The Morgan fingerprint density at radius 2 is 1.87 bits per heavy atom. The van der Waals surface area contributed by atoms with Crippen LogP contribution in [0, 0.1) is 5.92 Å². The molecule has 10 heteroatoms. The summed E-state index contributed by atoms with van der Waals surface area (Å²) in [6.07, 6.45) is 2.34. The molecule has 0 bridgehead atoms. The molecule has 2 aromatic rings. The summed E-state index contributed by atoms with van der Waals surface area (Å²) in [6.45, 7) is 0.692. The van der Waals surface area contributed by atoms with Gasteiger partial charge < -0.3 is 14.6 Å². The van der Waals surface area contributed by atoms with Gasteiger partial charge >= 0.3 is 0 Å². The molecule has 1 saturated heterocycles. The summed E-state index contributed by atoms with van der Waals surface area (Å²) in [5.74, 6) is -0.132. The minimum absolute atomic E-state index is 0.0666. The minimum Gasteiger partial charge on any atom is -0.467 e. The monoisotopic (exact) mass is 453 g/mol. The third-order valence-electron chi connectivity index (χ3n) is 5.05. The van der Waals surface area contributed by atoms with E-state index in [0.717, 1.165) is 0 Å². The average molecular weight is 454 g/mol. The molecule has 8 nitrogen and oxygen atoms in total. The zero-order valence-corrected chi connectivity index (χ0v) is 18.2. The van der Waals surface area contributed by atoms with Gasteiger partial charge in [0, 0.05) is 31.1 Å². The molecule has 0 unspecified atom stereocenters. The van der Waals surface area contributed by atoms with E-state index in [1.54, 1.807) is 19.2 Å². The molecule has 30 heavy (non-hydrogen) atoms. The molecule has 0 spiro atoms. The van der Waals surface area contributed by atoms with E-state index < -0.39 is 10.0 Å². The number of nitrogens with zero attached hydrogens (tertiary/aromatic N) is 2. The summed E-state index contributed by atoms with van der Waals surface area (Å²) in [5, 5.41) is 3.17. The first-order valence-corrected chi connectivity index (χ1v) is 11.4. The Kier molecular flexibility index (Phi) is 7.17. The second-order valence-corrected chi connectivity index (χ2v) is 9.56. The first kappa shape index (κ1) is 22.3. The van der Waals surface area contributed by atoms with Gasteiger partial charge in [0.25, 0.3) is 0 Å². The van der Waals surface area contributed by atoms with Gasteiger partial charge in [-0.2, -0.15) is 4.31 Å². The molecule has 3 rings (SSSR count). The van der Waals surface area contributed by atoms with Gasteiger partial charge in [0.15, 0.2) is 0 Å². The smallest absolute Gasteiger partial charge is 0.243 e. The highest BCUT2D eigenvalue weighted by molar-refractivity contribution is 7.89. The summed E-state index contributed by atoms with van der Waals surface area (Å²) >= 11 is 5.83. The van der Waals surface area contributed by atoms with Gasteiger partial charge in [-0.3, -0.25) is 9.59 Å². The SMILES string of the molecule is CN(CC(=O)NCc1ccco1)C(=O)C1CCN(S(=O)(=O)c2ccc(Cl)cc2)CC1. The second kappa shape index (κ2) is 9.63. The Bertz CT molecular complexity index is 968. The molecule has 1 fully saturated rings.